The van der Waals surface area contributed by atoms with E-state index in [0.29, 0.717) is 5.56 Å². The molecule has 0 aliphatic carbocycles. The Hall–Kier alpha value is -1.72. The van der Waals surface area contributed by atoms with Crippen molar-refractivity contribution in [2.45, 2.75) is 44.6 Å². The molecule has 0 saturated carbocycles. The lowest BCUT2D eigenvalue weighted by Gasteiger charge is -2.42. The Bertz CT molecular complexity index is 726. The summed E-state index contributed by atoms with van der Waals surface area (Å²) < 4.78 is 38.9. The summed E-state index contributed by atoms with van der Waals surface area (Å²) in [6.45, 7) is 3.70. The van der Waals surface area contributed by atoms with Gasteiger partial charge in [0.2, 0.25) is 5.91 Å². The van der Waals surface area contributed by atoms with E-state index in [1.54, 1.807) is 0 Å². The van der Waals surface area contributed by atoms with Crippen molar-refractivity contribution in [2.75, 3.05) is 20.7 Å². The normalized spacial score (nSPS) is 29.2. The van der Waals surface area contributed by atoms with Gasteiger partial charge in [0.25, 0.3) is 0 Å². The third-order valence-corrected chi connectivity index (χ3v) is 5.52. The lowest BCUT2D eigenvalue weighted by molar-refractivity contribution is -0.137. The monoisotopic (exact) mass is 415 g/mol. The second kappa shape index (κ2) is 8.19. The van der Waals surface area contributed by atoms with Crippen molar-refractivity contribution in [3.8, 4) is 0 Å². The zero-order valence-electron chi connectivity index (χ0n) is 16.9. The van der Waals surface area contributed by atoms with Crippen molar-refractivity contribution in [1.82, 2.24) is 26.0 Å². The molecule has 2 aliphatic heterocycles. The molecule has 1 amide bonds. The van der Waals surface area contributed by atoms with Gasteiger partial charge >= 0.3 is 6.18 Å². The molecule has 0 radical (unpaired) electrons. The molecule has 1 aromatic rings. The number of alkyl halides is 3. The number of aliphatic hydroxyl groups excluding tert-OH is 1. The molecule has 5 atom stereocenters. The summed E-state index contributed by atoms with van der Waals surface area (Å²) in [6.07, 6.45) is -5.22. The molecule has 2 saturated heterocycles. The molecule has 0 aromatic heterocycles. The first-order chi connectivity index (χ1) is 13.5. The van der Waals surface area contributed by atoms with Crippen LogP contribution in [0.2, 0.25) is 0 Å². The summed E-state index contributed by atoms with van der Waals surface area (Å²) >= 11 is 0. The summed E-state index contributed by atoms with van der Waals surface area (Å²) in [7, 11) is 3.65. The predicted molar refractivity (Wildman–Crippen MR) is 101 cm³/mol. The molecule has 5 unspecified atom stereocenters. The van der Waals surface area contributed by atoms with Crippen LogP contribution in [-0.4, -0.2) is 60.1 Å². The fourth-order valence-corrected chi connectivity index (χ4v) is 4.11. The number of halogens is 3. The van der Waals surface area contributed by atoms with E-state index in [4.69, 9.17) is 0 Å². The van der Waals surface area contributed by atoms with Crippen LogP contribution < -0.4 is 16.1 Å². The van der Waals surface area contributed by atoms with E-state index in [-0.39, 0.29) is 24.5 Å². The molecule has 0 bridgehead atoms. The van der Waals surface area contributed by atoms with Crippen molar-refractivity contribution >= 4 is 5.91 Å². The van der Waals surface area contributed by atoms with Gasteiger partial charge in [-0.3, -0.25) is 15.0 Å². The van der Waals surface area contributed by atoms with Crippen LogP contribution in [-0.2, 0) is 11.0 Å². The number of fused-ring (bicyclic) bond motifs is 1. The maximum absolute atomic E-state index is 13.0. The van der Waals surface area contributed by atoms with E-state index in [1.807, 2.05) is 37.9 Å². The zero-order valence-corrected chi connectivity index (χ0v) is 16.9. The van der Waals surface area contributed by atoms with Crippen LogP contribution in [0.25, 0.3) is 0 Å². The van der Waals surface area contributed by atoms with E-state index in [0.717, 1.165) is 12.1 Å². The van der Waals surface area contributed by atoms with Crippen molar-refractivity contribution < 1.29 is 23.1 Å². The number of hydrazine groups is 1. The minimum Gasteiger partial charge on any atom is -0.395 e. The van der Waals surface area contributed by atoms with Gasteiger partial charge in [-0.05, 0) is 37.7 Å². The number of hydrogen-bond acceptors (Lipinski definition) is 6. The molecule has 2 fully saturated rings. The maximum atomic E-state index is 13.0. The first kappa shape index (κ1) is 22.0. The lowest BCUT2D eigenvalue weighted by atomic mass is 9.92. The van der Waals surface area contributed by atoms with Crippen LogP contribution in [0.5, 0.6) is 0 Å². The van der Waals surface area contributed by atoms with E-state index < -0.39 is 36.2 Å². The number of rotatable bonds is 5. The van der Waals surface area contributed by atoms with E-state index in [2.05, 4.69) is 16.1 Å². The first-order valence-electron chi connectivity index (χ1n) is 9.60. The quantitative estimate of drug-likeness (QED) is 0.577. The Labute approximate surface area is 168 Å². The summed E-state index contributed by atoms with van der Waals surface area (Å²) in [4.78, 5) is 14.5. The Morgan fingerprint density at radius 3 is 2.31 bits per heavy atom. The number of hydrogen-bond donors (Lipinski definition) is 4. The summed E-state index contributed by atoms with van der Waals surface area (Å²) in [6, 6.07) is 4.30. The summed E-state index contributed by atoms with van der Waals surface area (Å²) in [5.74, 6) is -0.690. The number of carbonyl (C=O) groups is 1. The molecule has 10 heteroatoms. The lowest BCUT2D eigenvalue weighted by Crippen LogP contribution is -2.68. The second-order valence-electron chi connectivity index (χ2n) is 8.15. The Morgan fingerprint density at radius 2 is 1.83 bits per heavy atom. The molecule has 4 N–H and O–H groups in total. The van der Waals surface area contributed by atoms with Gasteiger partial charge in [-0.1, -0.05) is 26.0 Å². The Balaban J connectivity index is 1.94. The highest BCUT2D eigenvalue weighted by Gasteiger charge is 2.52. The number of nitrogens with one attached hydrogen (secondary N) is 3. The largest absolute Gasteiger partial charge is 0.416 e. The van der Waals surface area contributed by atoms with Crippen molar-refractivity contribution in [3.05, 3.63) is 35.4 Å². The average Bonchev–Trinajstić information content (AvgIpc) is 3.00. The van der Waals surface area contributed by atoms with E-state index in [1.165, 1.54) is 12.1 Å². The highest BCUT2D eigenvalue weighted by atomic mass is 19.4. The summed E-state index contributed by atoms with van der Waals surface area (Å²) in [5, 5.41) is 17.9. The molecular formula is C19H28F3N5O2. The minimum absolute atomic E-state index is 0.0296. The molecule has 3 rings (SSSR count). The molecule has 0 spiro atoms. The van der Waals surface area contributed by atoms with Crippen LogP contribution in [0.1, 0.15) is 31.0 Å². The second-order valence-corrected chi connectivity index (χ2v) is 8.15. The highest BCUT2D eigenvalue weighted by molar-refractivity contribution is 5.81. The minimum atomic E-state index is -4.40. The standard InChI is InChI=1S/C19H28F3N5O2/c1-10(2)15(11-5-7-12(8-6-11)19(20,21)22)27-16-14(13(9-28)25-27)17(29)24-18(23-16)26(3)4/h5-8,10,13-16,18,23,25,28H,9H2,1-4H3,(H,24,29). The van der Waals surface area contributed by atoms with Gasteiger partial charge < -0.3 is 10.4 Å². The molecule has 29 heavy (non-hydrogen) atoms. The average molecular weight is 415 g/mol. The molecule has 162 valence electrons. The Kier molecular flexibility index (Phi) is 6.21. The first-order valence-corrected chi connectivity index (χ1v) is 9.60. The third-order valence-electron chi connectivity index (χ3n) is 5.52. The zero-order chi connectivity index (χ0) is 21.5. The van der Waals surface area contributed by atoms with E-state index >= 15 is 0 Å². The third kappa shape index (κ3) is 4.26. The van der Waals surface area contributed by atoms with Crippen molar-refractivity contribution in [2.24, 2.45) is 11.8 Å². The van der Waals surface area contributed by atoms with Crippen molar-refractivity contribution in [1.29, 1.82) is 0 Å². The SMILES string of the molecule is CC(C)C(c1ccc(C(F)(F)F)cc1)N1NC(CO)C2C(=O)NC(N(C)C)NC21. The molecule has 7 nitrogen and oxygen atoms in total. The van der Waals surface area contributed by atoms with Gasteiger partial charge in [-0.25, -0.2) is 10.4 Å². The predicted octanol–water partition coefficient (Wildman–Crippen LogP) is 1.09. The van der Waals surface area contributed by atoms with Crippen LogP contribution in [0.3, 0.4) is 0 Å². The van der Waals surface area contributed by atoms with Crippen molar-refractivity contribution in [3.63, 3.8) is 0 Å². The summed E-state index contributed by atoms with van der Waals surface area (Å²) in [5.41, 5.74) is 3.22. The van der Waals surface area contributed by atoms with Crippen LogP contribution in [0, 0.1) is 11.8 Å². The highest BCUT2D eigenvalue weighted by Crippen LogP contribution is 2.37. The fourth-order valence-electron chi connectivity index (χ4n) is 4.11. The number of nitrogens with zero attached hydrogens (tertiary/aromatic N) is 2. The smallest absolute Gasteiger partial charge is 0.395 e. The number of amides is 1. The topological polar surface area (TPSA) is 79.9 Å². The number of aliphatic hydroxyl groups is 1. The van der Waals surface area contributed by atoms with Crippen LogP contribution in [0.4, 0.5) is 13.2 Å². The van der Waals surface area contributed by atoms with E-state index in [9.17, 15) is 23.1 Å². The molecule has 2 heterocycles. The van der Waals surface area contributed by atoms with Gasteiger partial charge in [0.05, 0.1) is 36.3 Å². The molecular weight excluding hydrogens is 387 g/mol. The van der Waals surface area contributed by atoms with Crippen LogP contribution >= 0.6 is 0 Å². The Morgan fingerprint density at radius 1 is 1.21 bits per heavy atom. The number of carbonyl (C=O) groups excluding carboxylic acids is 1. The van der Waals surface area contributed by atoms with Gasteiger partial charge in [0, 0.05) is 0 Å². The fraction of sp³-hybridized carbons (Fsp3) is 0.632. The van der Waals surface area contributed by atoms with Gasteiger partial charge in [0.15, 0.2) is 0 Å². The van der Waals surface area contributed by atoms with Gasteiger partial charge in [-0.2, -0.15) is 13.2 Å². The molecule has 2 aliphatic rings. The number of benzene rings is 1. The maximum Gasteiger partial charge on any atom is 0.416 e. The van der Waals surface area contributed by atoms with Gasteiger partial charge in [-0.15, -0.1) is 0 Å². The van der Waals surface area contributed by atoms with Gasteiger partial charge in [0.1, 0.15) is 6.29 Å². The molecule has 1 aromatic carbocycles. The van der Waals surface area contributed by atoms with Crippen LogP contribution in [0.15, 0.2) is 24.3 Å².